The third-order valence-corrected chi connectivity index (χ3v) is 3.58. The normalized spacial score (nSPS) is 11.5. The topological polar surface area (TPSA) is 98.5 Å². The van der Waals surface area contributed by atoms with Gasteiger partial charge >= 0.3 is 5.97 Å². The summed E-state index contributed by atoms with van der Waals surface area (Å²) in [5.41, 5.74) is -0.177. The van der Waals surface area contributed by atoms with Gasteiger partial charge in [-0.3, -0.25) is 14.9 Å². The number of nitro groups is 1. The van der Waals surface area contributed by atoms with Gasteiger partial charge in [0.05, 0.1) is 4.92 Å². The van der Waals surface area contributed by atoms with Gasteiger partial charge in [0.2, 0.25) is 0 Å². The van der Waals surface area contributed by atoms with Gasteiger partial charge < -0.3 is 10.1 Å². The van der Waals surface area contributed by atoms with Crippen LogP contribution in [0.25, 0.3) is 0 Å². The van der Waals surface area contributed by atoms with E-state index >= 15 is 0 Å². The van der Waals surface area contributed by atoms with Crippen LogP contribution in [0.1, 0.15) is 16.6 Å². The van der Waals surface area contributed by atoms with Crippen LogP contribution in [0.15, 0.2) is 41.8 Å². The van der Waals surface area contributed by atoms with Crippen LogP contribution in [-0.4, -0.2) is 22.9 Å². The number of nitrogens with one attached hydrogen (secondary N) is 1. The number of carbonyl (C=O) groups excluding carboxylic acids is 2. The van der Waals surface area contributed by atoms with Crippen LogP contribution in [0.2, 0.25) is 0 Å². The second kappa shape index (κ2) is 6.81. The van der Waals surface area contributed by atoms with Gasteiger partial charge in [-0.25, -0.2) is 4.79 Å². The molecule has 1 N–H and O–H groups in total. The number of esters is 1. The fourth-order valence-corrected chi connectivity index (χ4v) is 2.24. The molecule has 8 heteroatoms. The van der Waals surface area contributed by atoms with Crippen molar-refractivity contribution in [3.8, 4) is 0 Å². The zero-order valence-corrected chi connectivity index (χ0v) is 12.3. The first kappa shape index (κ1) is 15.6. The molecule has 1 heterocycles. The van der Waals surface area contributed by atoms with Gasteiger partial charge in [0.1, 0.15) is 10.6 Å². The molecule has 22 heavy (non-hydrogen) atoms. The minimum atomic E-state index is -1.07. The molecule has 0 saturated heterocycles. The summed E-state index contributed by atoms with van der Waals surface area (Å²) in [4.78, 5) is 34.4. The summed E-state index contributed by atoms with van der Waals surface area (Å²) in [6.07, 6.45) is -1.07. The van der Waals surface area contributed by atoms with E-state index in [2.05, 4.69) is 5.32 Å². The highest BCUT2D eigenvalue weighted by Crippen LogP contribution is 2.23. The quantitative estimate of drug-likeness (QED) is 0.519. The zero-order valence-electron chi connectivity index (χ0n) is 11.5. The summed E-state index contributed by atoms with van der Waals surface area (Å²) in [5, 5.41) is 15.0. The highest BCUT2D eigenvalue weighted by molar-refractivity contribution is 7.11. The Bertz CT molecular complexity index is 699. The van der Waals surface area contributed by atoms with E-state index in [1.54, 1.807) is 23.6 Å². The molecule has 2 aromatic rings. The molecule has 0 aliphatic heterocycles. The van der Waals surface area contributed by atoms with Gasteiger partial charge in [-0.1, -0.05) is 18.2 Å². The van der Waals surface area contributed by atoms with Crippen molar-refractivity contribution in [3.63, 3.8) is 0 Å². The monoisotopic (exact) mass is 320 g/mol. The Kier molecular flexibility index (Phi) is 4.84. The summed E-state index contributed by atoms with van der Waals surface area (Å²) in [6, 6.07) is 9.01. The Labute approximate surface area is 129 Å². The second-order valence-corrected chi connectivity index (χ2v) is 5.24. The molecule has 0 fully saturated rings. The van der Waals surface area contributed by atoms with Gasteiger partial charge in [-0.15, -0.1) is 11.3 Å². The molecule has 1 aromatic heterocycles. The average Bonchev–Trinajstić information content (AvgIpc) is 3.01. The maximum atomic E-state index is 12.0. The molecular formula is C14H12N2O5S. The van der Waals surface area contributed by atoms with Gasteiger partial charge in [-0.05, 0) is 24.4 Å². The van der Waals surface area contributed by atoms with E-state index in [4.69, 9.17) is 4.74 Å². The molecule has 0 bridgehead atoms. The van der Waals surface area contributed by atoms with Crippen LogP contribution in [0, 0.1) is 10.1 Å². The minimum Gasteiger partial charge on any atom is -0.448 e. The summed E-state index contributed by atoms with van der Waals surface area (Å²) in [6.45, 7) is 1.40. The van der Waals surface area contributed by atoms with Crippen molar-refractivity contribution >= 4 is 34.6 Å². The first-order valence-electron chi connectivity index (χ1n) is 6.28. The molecule has 114 valence electrons. The van der Waals surface area contributed by atoms with Gasteiger partial charge in [-0.2, -0.15) is 0 Å². The predicted molar refractivity (Wildman–Crippen MR) is 80.9 cm³/mol. The molecule has 1 aromatic carbocycles. The largest absolute Gasteiger partial charge is 0.448 e. The molecule has 0 radical (unpaired) electrons. The zero-order chi connectivity index (χ0) is 16.1. The van der Waals surface area contributed by atoms with Gasteiger partial charge in [0, 0.05) is 6.07 Å². The molecule has 0 aliphatic rings. The lowest BCUT2D eigenvalue weighted by molar-refractivity contribution is -0.383. The van der Waals surface area contributed by atoms with Crippen LogP contribution in [0.4, 0.5) is 11.4 Å². The fourth-order valence-electron chi connectivity index (χ4n) is 1.64. The Morgan fingerprint density at radius 1 is 1.27 bits per heavy atom. The first-order chi connectivity index (χ1) is 10.5. The van der Waals surface area contributed by atoms with E-state index in [-0.39, 0.29) is 11.4 Å². The maximum absolute atomic E-state index is 12.0. The molecule has 0 aliphatic carbocycles. The average molecular weight is 320 g/mol. The lowest BCUT2D eigenvalue weighted by atomic mass is 10.2. The van der Waals surface area contributed by atoms with Crippen molar-refractivity contribution in [1.82, 2.24) is 0 Å². The number of anilines is 1. The van der Waals surface area contributed by atoms with Crippen LogP contribution < -0.4 is 5.32 Å². The molecular weight excluding hydrogens is 308 g/mol. The van der Waals surface area contributed by atoms with Gasteiger partial charge in [0.25, 0.3) is 11.6 Å². The van der Waals surface area contributed by atoms with Crippen molar-refractivity contribution in [3.05, 3.63) is 56.8 Å². The number of hydrogen-bond donors (Lipinski definition) is 1. The number of nitro benzene ring substituents is 1. The number of nitrogens with zero attached hydrogens (tertiary/aromatic N) is 1. The smallest absolute Gasteiger partial charge is 0.349 e. The first-order valence-corrected chi connectivity index (χ1v) is 7.16. The number of thiophene rings is 1. The van der Waals surface area contributed by atoms with Crippen LogP contribution >= 0.6 is 11.3 Å². The van der Waals surface area contributed by atoms with Crippen molar-refractivity contribution in [1.29, 1.82) is 0 Å². The fraction of sp³-hybridized carbons (Fsp3) is 0.143. The number of ether oxygens (including phenoxy) is 1. The molecule has 0 unspecified atom stereocenters. The Morgan fingerprint density at radius 2 is 2.00 bits per heavy atom. The third-order valence-electron chi connectivity index (χ3n) is 2.73. The number of rotatable bonds is 5. The molecule has 1 amide bonds. The second-order valence-electron chi connectivity index (χ2n) is 4.29. The van der Waals surface area contributed by atoms with Crippen molar-refractivity contribution in [2.45, 2.75) is 13.0 Å². The van der Waals surface area contributed by atoms with E-state index in [9.17, 15) is 19.7 Å². The summed E-state index contributed by atoms with van der Waals surface area (Å²) in [5.74, 6) is -1.25. The predicted octanol–water partition coefficient (Wildman–Crippen LogP) is 2.84. The third kappa shape index (κ3) is 3.67. The van der Waals surface area contributed by atoms with E-state index in [1.807, 2.05) is 0 Å². The van der Waals surface area contributed by atoms with Crippen molar-refractivity contribution in [2.24, 2.45) is 0 Å². The Morgan fingerprint density at radius 3 is 2.64 bits per heavy atom. The van der Waals surface area contributed by atoms with E-state index in [1.165, 1.54) is 36.5 Å². The number of benzene rings is 1. The number of amides is 1. The maximum Gasteiger partial charge on any atom is 0.349 e. The number of carbonyl (C=O) groups is 2. The summed E-state index contributed by atoms with van der Waals surface area (Å²) >= 11 is 1.20. The van der Waals surface area contributed by atoms with Gasteiger partial charge in [0.15, 0.2) is 6.10 Å². The summed E-state index contributed by atoms with van der Waals surface area (Å²) in [7, 11) is 0. The van der Waals surface area contributed by atoms with Crippen LogP contribution in [0.5, 0.6) is 0 Å². The lowest BCUT2D eigenvalue weighted by Gasteiger charge is -2.13. The molecule has 7 nitrogen and oxygen atoms in total. The van der Waals surface area contributed by atoms with Crippen LogP contribution in [-0.2, 0) is 9.53 Å². The Balaban J connectivity index is 2.03. The SMILES string of the molecule is C[C@H](OC(=O)c1cccs1)C(=O)Nc1ccccc1[N+](=O)[O-]. The summed E-state index contributed by atoms with van der Waals surface area (Å²) < 4.78 is 5.02. The van der Waals surface area contributed by atoms with E-state index in [0.717, 1.165) is 0 Å². The van der Waals surface area contributed by atoms with Crippen molar-refractivity contribution < 1.29 is 19.2 Å². The van der Waals surface area contributed by atoms with Crippen LogP contribution in [0.3, 0.4) is 0 Å². The van der Waals surface area contributed by atoms with E-state index in [0.29, 0.717) is 4.88 Å². The standard InChI is InChI=1S/C14H12N2O5S/c1-9(21-14(18)12-7-4-8-22-12)13(17)15-10-5-2-3-6-11(10)16(19)20/h2-9H,1H3,(H,15,17)/t9-/m0/s1. The highest BCUT2D eigenvalue weighted by atomic mass is 32.1. The van der Waals surface area contributed by atoms with E-state index < -0.39 is 22.9 Å². The molecule has 0 saturated carbocycles. The Hall–Kier alpha value is -2.74. The molecule has 1 atom stereocenters. The number of para-hydroxylation sites is 2. The molecule has 2 rings (SSSR count). The number of hydrogen-bond acceptors (Lipinski definition) is 6. The highest BCUT2D eigenvalue weighted by Gasteiger charge is 2.22. The minimum absolute atomic E-state index is 0.0523. The lowest BCUT2D eigenvalue weighted by Crippen LogP contribution is -2.30. The van der Waals surface area contributed by atoms with Crippen molar-refractivity contribution in [2.75, 3.05) is 5.32 Å². The molecule has 0 spiro atoms.